The quantitative estimate of drug-likeness (QED) is 0.649. The van der Waals surface area contributed by atoms with E-state index in [9.17, 15) is 9.59 Å². The Morgan fingerprint density at radius 1 is 1.26 bits per heavy atom. The molecule has 23 heavy (non-hydrogen) atoms. The molecule has 0 spiro atoms. The average molecular weight is 321 g/mol. The van der Waals surface area contributed by atoms with Crippen LogP contribution in [0, 0.1) is 0 Å². The van der Waals surface area contributed by atoms with Crippen molar-refractivity contribution >= 4 is 11.8 Å². The van der Waals surface area contributed by atoms with Gasteiger partial charge in [0.25, 0.3) is 0 Å². The van der Waals surface area contributed by atoms with Gasteiger partial charge in [-0.25, -0.2) is 0 Å². The standard InChI is InChI=1S/C16H23N3O4/c1-22-13-4-3-11(9-14(13)23-2)5-6-18-15(20)10-12-16(21)19-8-7-17-12/h3-4,9,12,17H,5-8,10H2,1-2H3,(H,18,20)(H,19,21)/t12-/m0/s1. The van der Waals surface area contributed by atoms with Crippen LogP contribution in [-0.4, -0.2) is 51.7 Å². The van der Waals surface area contributed by atoms with Crippen molar-refractivity contribution in [2.45, 2.75) is 18.9 Å². The number of nitrogens with one attached hydrogen (secondary N) is 3. The molecular weight excluding hydrogens is 298 g/mol. The lowest BCUT2D eigenvalue weighted by molar-refractivity contribution is -0.129. The van der Waals surface area contributed by atoms with Gasteiger partial charge in [-0.1, -0.05) is 6.07 Å². The van der Waals surface area contributed by atoms with E-state index >= 15 is 0 Å². The van der Waals surface area contributed by atoms with Crippen LogP contribution in [0.3, 0.4) is 0 Å². The number of amides is 2. The molecule has 0 aliphatic carbocycles. The van der Waals surface area contributed by atoms with Gasteiger partial charge in [-0.2, -0.15) is 0 Å². The van der Waals surface area contributed by atoms with Crippen LogP contribution in [0.1, 0.15) is 12.0 Å². The SMILES string of the molecule is COc1ccc(CCNC(=O)C[C@@H]2NCCNC2=O)cc1OC. The highest BCUT2D eigenvalue weighted by Gasteiger charge is 2.23. The van der Waals surface area contributed by atoms with Crippen molar-refractivity contribution in [1.29, 1.82) is 0 Å². The first-order chi connectivity index (χ1) is 11.1. The molecule has 126 valence electrons. The van der Waals surface area contributed by atoms with Crippen LogP contribution in [0.25, 0.3) is 0 Å². The summed E-state index contributed by atoms with van der Waals surface area (Å²) in [5.74, 6) is 1.08. The van der Waals surface area contributed by atoms with E-state index in [1.807, 2.05) is 18.2 Å². The summed E-state index contributed by atoms with van der Waals surface area (Å²) in [5, 5.41) is 8.60. The summed E-state index contributed by atoms with van der Waals surface area (Å²) in [7, 11) is 3.18. The Hall–Kier alpha value is -2.28. The second-order valence-corrected chi connectivity index (χ2v) is 5.29. The number of hydrogen-bond acceptors (Lipinski definition) is 5. The smallest absolute Gasteiger partial charge is 0.237 e. The molecule has 2 amide bonds. The Kier molecular flexibility index (Phi) is 6.22. The number of carbonyl (C=O) groups excluding carboxylic acids is 2. The fourth-order valence-electron chi connectivity index (χ4n) is 2.45. The van der Waals surface area contributed by atoms with Crippen LogP contribution in [-0.2, 0) is 16.0 Å². The van der Waals surface area contributed by atoms with Gasteiger partial charge in [-0.15, -0.1) is 0 Å². The van der Waals surface area contributed by atoms with E-state index in [0.717, 1.165) is 5.56 Å². The predicted octanol–water partition coefficient (Wildman–Crippen LogP) is -0.159. The molecule has 1 fully saturated rings. The Bertz CT molecular complexity index is 562. The van der Waals surface area contributed by atoms with Crippen molar-refractivity contribution in [3.8, 4) is 11.5 Å². The van der Waals surface area contributed by atoms with E-state index in [-0.39, 0.29) is 18.2 Å². The van der Waals surface area contributed by atoms with Gasteiger partial charge in [-0.3, -0.25) is 9.59 Å². The lowest BCUT2D eigenvalue weighted by Gasteiger charge is -2.22. The van der Waals surface area contributed by atoms with E-state index in [1.165, 1.54) is 0 Å². The van der Waals surface area contributed by atoms with Gasteiger partial charge in [0.1, 0.15) is 0 Å². The molecule has 7 heteroatoms. The molecule has 1 heterocycles. The summed E-state index contributed by atoms with van der Waals surface area (Å²) < 4.78 is 10.4. The maximum atomic E-state index is 11.9. The maximum Gasteiger partial charge on any atom is 0.237 e. The van der Waals surface area contributed by atoms with Gasteiger partial charge in [-0.05, 0) is 24.1 Å². The molecule has 1 saturated heterocycles. The minimum absolute atomic E-state index is 0.119. The van der Waals surface area contributed by atoms with Gasteiger partial charge >= 0.3 is 0 Å². The summed E-state index contributed by atoms with van der Waals surface area (Å²) in [4.78, 5) is 23.5. The summed E-state index contributed by atoms with van der Waals surface area (Å²) in [6, 6.07) is 5.22. The van der Waals surface area contributed by atoms with Crippen LogP contribution in [0.5, 0.6) is 11.5 Å². The van der Waals surface area contributed by atoms with E-state index in [0.29, 0.717) is 37.6 Å². The monoisotopic (exact) mass is 321 g/mol. The van der Waals surface area contributed by atoms with Gasteiger partial charge in [0.2, 0.25) is 11.8 Å². The zero-order valence-corrected chi connectivity index (χ0v) is 13.5. The summed E-state index contributed by atoms with van der Waals surface area (Å²) in [6.45, 7) is 1.80. The molecule has 1 aliphatic heterocycles. The van der Waals surface area contributed by atoms with Crippen LogP contribution in [0.2, 0.25) is 0 Å². The molecule has 1 atom stereocenters. The normalized spacial score (nSPS) is 17.3. The fraction of sp³-hybridized carbons (Fsp3) is 0.500. The third kappa shape index (κ3) is 4.85. The van der Waals surface area contributed by atoms with Crippen LogP contribution in [0.4, 0.5) is 0 Å². The molecule has 0 unspecified atom stereocenters. The van der Waals surface area contributed by atoms with Gasteiger partial charge in [0, 0.05) is 19.6 Å². The van der Waals surface area contributed by atoms with Crippen molar-refractivity contribution < 1.29 is 19.1 Å². The van der Waals surface area contributed by atoms with Crippen LogP contribution < -0.4 is 25.4 Å². The van der Waals surface area contributed by atoms with Gasteiger partial charge < -0.3 is 25.4 Å². The van der Waals surface area contributed by atoms with Crippen molar-refractivity contribution in [1.82, 2.24) is 16.0 Å². The lowest BCUT2D eigenvalue weighted by atomic mass is 10.1. The third-order valence-corrected chi connectivity index (χ3v) is 3.70. The molecule has 1 aromatic rings. The topological polar surface area (TPSA) is 88.7 Å². The number of rotatable bonds is 7. The fourth-order valence-corrected chi connectivity index (χ4v) is 2.45. The number of carbonyl (C=O) groups is 2. The number of piperazine rings is 1. The summed E-state index contributed by atoms with van der Waals surface area (Å²) >= 11 is 0. The minimum Gasteiger partial charge on any atom is -0.493 e. The highest BCUT2D eigenvalue weighted by Crippen LogP contribution is 2.27. The Labute approximate surface area is 135 Å². The highest BCUT2D eigenvalue weighted by atomic mass is 16.5. The highest BCUT2D eigenvalue weighted by molar-refractivity contribution is 5.88. The average Bonchev–Trinajstić information content (AvgIpc) is 2.56. The van der Waals surface area contributed by atoms with Crippen molar-refractivity contribution in [3.63, 3.8) is 0 Å². The molecular formula is C16H23N3O4. The number of benzene rings is 1. The van der Waals surface area contributed by atoms with Gasteiger partial charge in [0.15, 0.2) is 11.5 Å². The zero-order chi connectivity index (χ0) is 16.7. The molecule has 1 aliphatic rings. The predicted molar refractivity (Wildman–Crippen MR) is 85.7 cm³/mol. The van der Waals surface area contributed by atoms with Crippen LogP contribution in [0.15, 0.2) is 18.2 Å². The first-order valence-corrected chi connectivity index (χ1v) is 7.62. The zero-order valence-electron chi connectivity index (χ0n) is 13.5. The van der Waals surface area contributed by atoms with E-state index in [1.54, 1.807) is 14.2 Å². The van der Waals surface area contributed by atoms with E-state index in [2.05, 4.69) is 16.0 Å². The largest absolute Gasteiger partial charge is 0.493 e. The number of hydrogen-bond donors (Lipinski definition) is 3. The van der Waals surface area contributed by atoms with Gasteiger partial charge in [0.05, 0.1) is 26.7 Å². The molecule has 1 aromatic carbocycles. The minimum atomic E-state index is -0.440. The molecule has 3 N–H and O–H groups in total. The number of methoxy groups -OCH3 is 2. The van der Waals surface area contributed by atoms with Crippen molar-refractivity contribution in [2.75, 3.05) is 33.9 Å². The Morgan fingerprint density at radius 2 is 2.04 bits per heavy atom. The second kappa shape index (κ2) is 8.38. The summed E-state index contributed by atoms with van der Waals surface area (Å²) in [6.07, 6.45) is 0.828. The van der Waals surface area contributed by atoms with E-state index in [4.69, 9.17) is 9.47 Å². The lowest BCUT2D eigenvalue weighted by Crippen LogP contribution is -2.54. The first kappa shape index (κ1) is 17.1. The Balaban J connectivity index is 1.78. The summed E-state index contributed by atoms with van der Waals surface area (Å²) in [5.41, 5.74) is 1.04. The Morgan fingerprint density at radius 3 is 2.74 bits per heavy atom. The molecule has 2 rings (SSSR count). The molecule has 7 nitrogen and oxygen atoms in total. The van der Waals surface area contributed by atoms with E-state index < -0.39 is 6.04 Å². The first-order valence-electron chi connectivity index (χ1n) is 7.62. The molecule has 0 radical (unpaired) electrons. The maximum absolute atomic E-state index is 11.9. The number of ether oxygens (including phenoxy) is 2. The third-order valence-electron chi connectivity index (χ3n) is 3.70. The molecule has 0 aromatic heterocycles. The molecule has 0 bridgehead atoms. The second-order valence-electron chi connectivity index (χ2n) is 5.29. The molecule has 0 saturated carbocycles. The van der Waals surface area contributed by atoms with Crippen molar-refractivity contribution in [3.05, 3.63) is 23.8 Å². The van der Waals surface area contributed by atoms with Crippen molar-refractivity contribution in [2.24, 2.45) is 0 Å². The van der Waals surface area contributed by atoms with Crippen LogP contribution >= 0.6 is 0 Å².